The molecule has 0 unspecified atom stereocenters. The first-order chi connectivity index (χ1) is 15.5. The van der Waals surface area contributed by atoms with Crippen LogP contribution in [-0.2, 0) is 24.4 Å². The number of aryl methyl sites for hydroxylation is 1. The number of carbonyl (C=O) groups is 1. The molecule has 1 saturated heterocycles. The van der Waals surface area contributed by atoms with Crippen LogP contribution < -0.4 is 15.4 Å². The summed E-state index contributed by atoms with van der Waals surface area (Å²) in [6.45, 7) is 3.75. The maximum Gasteiger partial charge on any atom is 0.387 e. The van der Waals surface area contributed by atoms with Crippen LogP contribution in [0, 0.1) is 6.92 Å². The van der Waals surface area contributed by atoms with E-state index in [0.717, 1.165) is 29.7 Å². The molecular formula is C24H30F2N4O2. The number of halogens is 2. The molecule has 2 aromatic rings. The van der Waals surface area contributed by atoms with E-state index < -0.39 is 6.61 Å². The Morgan fingerprint density at radius 1 is 1.16 bits per heavy atom. The van der Waals surface area contributed by atoms with Crippen LogP contribution in [0.3, 0.4) is 0 Å². The number of aliphatic imine (C=N–C) groups is 1. The van der Waals surface area contributed by atoms with Gasteiger partial charge in [0.05, 0.1) is 6.54 Å². The summed E-state index contributed by atoms with van der Waals surface area (Å²) in [5.41, 5.74) is 3.71. The fourth-order valence-electron chi connectivity index (χ4n) is 3.69. The van der Waals surface area contributed by atoms with Crippen molar-refractivity contribution in [2.24, 2.45) is 4.99 Å². The molecule has 2 N–H and O–H groups in total. The fourth-order valence-corrected chi connectivity index (χ4v) is 3.69. The molecule has 0 spiro atoms. The van der Waals surface area contributed by atoms with Crippen molar-refractivity contribution in [1.82, 2.24) is 15.5 Å². The van der Waals surface area contributed by atoms with Gasteiger partial charge in [-0.05, 0) is 37.5 Å². The van der Waals surface area contributed by atoms with Gasteiger partial charge >= 0.3 is 6.61 Å². The smallest absolute Gasteiger partial charge is 0.387 e. The molecule has 32 heavy (non-hydrogen) atoms. The summed E-state index contributed by atoms with van der Waals surface area (Å²) in [6, 6.07) is 13.1. The summed E-state index contributed by atoms with van der Waals surface area (Å²) >= 11 is 0. The Kier molecular flexibility index (Phi) is 8.41. The number of carbonyl (C=O) groups excluding carboxylic acids is 1. The van der Waals surface area contributed by atoms with Gasteiger partial charge in [0.1, 0.15) is 5.75 Å². The summed E-state index contributed by atoms with van der Waals surface area (Å²) in [5.74, 6) is 0.900. The van der Waals surface area contributed by atoms with Crippen LogP contribution in [0.15, 0.2) is 47.5 Å². The van der Waals surface area contributed by atoms with Crippen LogP contribution in [-0.4, -0.2) is 36.5 Å². The predicted octanol–water partition coefficient (Wildman–Crippen LogP) is 3.97. The molecule has 0 saturated carbocycles. The third kappa shape index (κ3) is 6.67. The molecule has 0 atom stereocenters. The molecule has 1 aliphatic heterocycles. The molecule has 0 aliphatic carbocycles. The minimum absolute atomic E-state index is 0.130. The first kappa shape index (κ1) is 23.5. The number of nitrogens with one attached hydrogen (secondary N) is 2. The van der Waals surface area contributed by atoms with Crippen molar-refractivity contribution in [2.75, 3.05) is 13.1 Å². The fraction of sp³-hybridized carbons (Fsp3) is 0.417. The Balaban J connectivity index is 1.70. The van der Waals surface area contributed by atoms with Crippen LogP contribution in [0.1, 0.15) is 42.0 Å². The summed E-state index contributed by atoms with van der Waals surface area (Å²) in [5, 5.41) is 6.49. The van der Waals surface area contributed by atoms with E-state index in [1.165, 1.54) is 0 Å². The molecule has 0 aromatic heterocycles. The summed E-state index contributed by atoms with van der Waals surface area (Å²) in [7, 11) is 0. The highest BCUT2D eigenvalue weighted by Gasteiger charge is 2.20. The Labute approximate surface area is 187 Å². The second-order valence-electron chi connectivity index (χ2n) is 7.73. The van der Waals surface area contributed by atoms with E-state index in [1.807, 2.05) is 43.0 Å². The molecule has 1 aliphatic rings. The molecule has 6 nitrogen and oxygen atoms in total. The van der Waals surface area contributed by atoms with Crippen LogP contribution in [0.5, 0.6) is 5.75 Å². The minimum atomic E-state index is -2.88. The summed E-state index contributed by atoms with van der Waals surface area (Å²) < 4.78 is 30.1. The zero-order valence-electron chi connectivity index (χ0n) is 18.5. The average molecular weight is 445 g/mol. The zero-order valence-corrected chi connectivity index (χ0v) is 18.5. The van der Waals surface area contributed by atoms with E-state index >= 15 is 0 Å². The molecule has 172 valence electrons. The van der Waals surface area contributed by atoms with E-state index in [4.69, 9.17) is 0 Å². The number of hydrogen-bond donors (Lipinski definition) is 2. The SMILES string of the molecule is CCNC(=NCc1cc(C)ccc1OC(F)F)NCc1ccccc1CN1CCCC1=O. The van der Waals surface area contributed by atoms with Crippen LogP contribution in [0.4, 0.5) is 8.78 Å². The molecule has 0 bridgehead atoms. The van der Waals surface area contributed by atoms with Gasteiger partial charge in [-0.3, -0.25) is 4.79 Å². The standard InChI is InChI=1S/C24H30F2N4O2/c1-3-27-24(29-15-20-13-17(2)10-11-21(20)32-23(25)26)28-14-18-7-4-5-8-19(18)16-30-12-6-9-22(30)31/h4-5,7-8,10-11,13,23H,3,6,9,12,14-16H2,1-2H3,(H2,27,28,29). The number of rotatable bonds is 9. The Bertz CT molecular complexity index is 949. The third-order valence-corrected chi connectivity index (χ3v) is 5.28. The van der Waals surface area contributed by atoms with Crippen LogP contribution in [0.2, 0.25) is 0 Å². The highest BCUT2D eigenvalue weighted by Crippen LogP contribution is 2.23. The maximum atomic E-state index is 12.7. The van der Waals surface area contributed by atoms with Gasteiger partial charge in [0.15, 0.2) is 5.96 Å². The van der Waals surface area contributed by atoms with Crippen LogP contribution >= 0.6 is 0 Å². The van der Waals surface area contributed by atoms with Crippen molar-refractivity contribution in [1.29, 1.82) is 0 Å². The largest absolute Gasteiger partial charge is 0.434 e. The zero-order chi connectivity index (χ0) is 22.9. The number of amides is 1. The Morgan fingerprint density at radius 3 is 2.62 bits per heavy atom. The molecule has 1 fully saturated rings. The van der Waals surface area contributed by atoms with Gasteiger partial charge in [-0.15, -0.1) is 0 Å². The molecular weight excluding hydrogens is 414 g/mol. The van der Waals surface area contributed by atoms with Crippen molar-refractivity contribution in [3.8, 4) is 5.75 Å². The minimum Gasteiger partial charge on any atom is -0.434 e. The number of guanidine groups is 1. The van der Waals surface area contributed by atoms with Gasteiger partial charge in [-0.2, -0.15) is 8.78 Å². The van der Waals surface area contributed by atoms with E-state index in [1.54, 1.807) is 18.2 Å². The first-order valence-electron chi connectivity index (χ1n) is 10.9. The van der Waals surface area contributed by atoms with Gasteiger partial charge in [0.2, 0.25) is 5.91 Å². The van der Waals surface area contributed by atoms with Crippen molar-refractivity contribution in [2.45, 2.75) is 52.9 Å². The molecule has 8 heteroatoms. The normalized spacial score (nSPS) is 14.2. The van der Waals surface area contributed by atoms with Gasteiger partial charge in [-0.25, -0.2) is 4.99 Å². The quantitative estimate of drug-likeness (QED) is 0.454. The first-order valence-corrected chi connectivity index (χ1v) is 10.9. The molecule has 2 aromatic carbocycles. The Hall–Kier alpha value is -3.16. The van der Waals surface area contributed by atoms with E-state index in [9.17, 15) is 13.6 Å². The lowest BCUT2D eigenvalue weighted by Gasteiger charge is -2.19. The van der Waals surface area contributed by atoms with Crippen molar-refractivity contribution >= 4 is 11.9 Å². The molecule has 0 radical (unpaired) electrons. The third-order valence-electron chi connectivity index (χ3n) is 5.28. The van der Waals surface area contributed by atoms with Gasteiger partial charge in [0.25, 0.3) is 0 Å². The molecule has 3 rings (SSSR count). The number of likely N-dealkylation sites (tertiary alicyclic amines) is 1. The van der Waals surface area contributed by atoms with Crippen molar-refractivity contribution in [3.63, 3.8) is 0 Å². The predicted molar refractivity (Wildman–Crippen MR) is 121 cm³/mol. The monoisotopic (exact) mass is 444 g/mol. The topological polar surface area (TPSA) is 66.0 Å². The van der Waals surface area contributed by atoms with Crippen molar-refractivity contribution in [3.05, 3.63) is 64.7 Å². The van der Waals surface area contributed by atoms with Gasteiger partial charge in [-0.1, -0.05) is 42.0 Å². The van der Waals surface area contributed by atoms with Crippen LogP contribution in [0.25, 0.3) is 0 Å². The number of alkyl halides is 2. The van der Waals surface area contributed by atoms with Gasteiger partial charge < -0.3 is 20.3 Å². The average Bonchev–Trinajstić information content (AvgIpc) is 3.17. The lowest BCUT2D eigenvalue weighted by molar-refractivity contribution is -0.128. The van der Waals surface area contributed by atoms with E-state index in [0.29, 0.717) is 37.6 Å². The second-order valence-corrected chi connectivity index (χ2v) is 7.73. The van der Waals surface area contributed by atoms with E-state index in [-0.39, 0.29) is 18.2 Å². The number of nitrogens with zero attached hydrogens (tertiary/aromatic N) is 2. The summed E-state index contributed by atoms with van der Waals surface area (Å²) in [4.78, 5) is 18.5. The lowest BCUT2D eigenvalue weighted by Crippen LogP contribution is -2.37. The molecule has 1 heterocycles. The molecule has 1 amide bonds. The maximum absolute atomic E-state index is 12.7. The number of hydrogen-bond acceptors (Lipinski definition) is 3. The highest BCUT2D eigenvalue weighted by atomic mass is 19.3. The lowest BCUT2D eigenvalue weighted by atomic mass is 10.1. The number of benzene rings is 2. The highest BCUT2D eigenvalue weighted by molar-refractivity contribution is 5.80. The summed E-state index contributed by atoms with van der Waals surface area (Å²) in [6.07, 6.45) is 1.53. The van der Waals surface area contributed by atoms with Gasteiger partial charge in [0, 0.05) is 38.2 Å². The second kappa shape index (κ2) is 11.5. The van der Waals surface area contributed by atoms with E-state index in [2.05, 4.69) is 20.4 Å². The van der Waals surface area contributed by atoms with Crippen molar-refractivity contribution < 1.29 is 18.3 Å². The number of ether oxygens (including phenoxy) is 1. The Morgan fingerprint density at radius 2 is 1.94 bits per heavy atom.